The van der Waals surface area contributed by atoms with Crippen molar-refractivity contribution >= 4 is 11.0 Å². The fourth-order valence-electron chi connectivity index (χ4n) is 4.56. The zero-order valence-electron chi connectivity index (χ0n) is 20.7. The van der Waals surface area contributed by atoms with Gasteiger partial charge in [0, 0.05) is 37.4 Å². The monoisotopic (exact) mass is 540 g/mol. The lowest BCUT2D eigenvalue weighted by atomic mass is 9.91. The molecule has 0 spiro atoms. The van der Waals surface area contributed by atoms with Crippen molar-refractivity contribution in [3.05, 3.63) is 75.5 Å². The van der Waals surface area contributed by atoms with Gasteiger partial charge in [0.2, 0.25) is 11.7 Å². The van der Waals surface area contributed by atoms with Crippen LogP contribution in [-0.4, -0.2) is 38.2 Å². The summed E-state index contributed by atoms with van der Waals surface area (Å²) in [5.41, 5.74) is -1.59. The van der Waals surface area contributed by atoms with Crippen LogP contribution in [0.15, 0.2) is 41.3 Å². The third-order valence-electron chi connectivity index (χ3n) is 6.54. The molecule has 0 N–H and O–H groups in total. The van der Waals surface area contributed by atoms with Crippen LogP contribution in [0, 0.1) is 17.1 Å². The van der Waals surface area contributed by atoms with Gasteiger partial charge in [0.05, 0.1) is 24.8 Å². The quantitative estimate of drug-likeness (QED) is 0.349. The minimum Gasteiger partial charge on any atom is -0.481 e. The van der Waals surface area contributed by atoms with E-state index in [2.05, 4.69) is 19.9 Å². The lowest BCUT2D eigenvalue weighted by Crippen LogP contribution is -2.29. The van der Waals surface area contributed by atoms with Gasteiger partial charge in [-0.05, 0) is 42.7 Å². The molecule has 1 aliphatic heterocycles. The van der Waals surface area contributed by atoms with Crippen LogP contribution in [0.3, 0.4) is 0 Å². The average Bonchev–Trinajstić information content (AvgIpc) is 2.94. The highest BCUT2D eigenvalue weighted by atomic mass is 19.4. The molecule has 9 nitrogen and oxygen atoms in total. The average molecular weight is 540 g/mol. The van der Waals surface area contributed by atoms with Crippen molar-refractivity contribution in [2.24, 2.45) is 7.05 Å². The van der Waals surface area contributed by atoms with E-state index in [1.165, 1.54) is 19.2 Å². The van der Waals surface area contributed by atoms with E-state index < -0.39 is 35.0 Å². The molecule has 0 aliphatic carbocycles. The summed E-state index contributed by atoms with van der Waals surface area (Å²) in [4.78, 5) is 29.7. The second-order valence-corrected chi connectivity index (χ2v) is 8.94. The Kier molecular flexibility index (Phi) is 6.73. The van der Waals surface area contributed by atoms with Crippen LogP contribution in [-0.2, 0) is 18.0 Å². The van der Waals surface area contributed by atoms with E-state index in [9.17, 15) is 18.0 Å². The molecule has 3 aromatic heterocycles. The van der Waals surface area contributed by atoms with E-state index in [-0.39, 0.29) is 34.1 Å². The standard InChI is InChI=1S/C26H20F4N6O3/c1-36-24(37)22-21(35-25(36)26(28,29)30)20(16-4-3-13(12-31)9-17(16)27)33-23(34-22)15-6-8-39-18(10-15)14-5-7-32-19(11-14)38-2/h3-5,7,9,11,15,18H,6,8,10H2,1-2H3/t15-,18+/m0/s1. The number of nitrogens with zero attached hydrogens (tertiary/aromatic N) is 6. The number of hydrogen-bond acceptors (Lipinski definition) is 8. The van der Waals surface area contributed by atoms with E-state index in [4.69, 9.17) is 14.7 Å². The first-order valence-corrected chi connectivity index (χ1v) is 11.8. The summed E-state index contributed by atoms with van der Waals surface area (Å²) in [7, 11) is 2.44. The van der Waals surface area contributed by atoms with Gasteiger partial charge in [0.15, 0.2) is 5.52 Å². The molecule has 0 amide bonds. The SMILES string of the molecule is COc1cc([C@H]2C[C@@H](c3nc(-c4ccc(C#N)cc4F)c4nc(C(F)(F)F)n(C)c(=O)c4n3)CCO2)ccn1. The molecule has 2 atom stereocenters. The molecule has 39 heavy (non-hydrogen) atoms. The number of nitriles is 1. The smallest absolute Gasteiger partial charge is 0.449 e. The number of pyridine rings is 1. The molecule has 1 saturated heterocycles. The molecule has 1 aliphatic rings. The first kappa shape index (κ1) is 26.2. The van der Waals surface area contributed by atoms with Gasteiger partial charge < -0.3 is 9.47 Å². The molecule has 5 rings (SSSR count). The summed E-state index contributed by atoms with van der Waals surface area (Å²) in [6, 6.07) is 8.77. The minimum atomic E-state index is -4.96. The summed E-state index contributed by atoms with van der Waals surface area (Å²) in [5, 5.41) is 9.11. The Morgan fingerprint density at radius 1 is 1.15 bits per heavy atom. The van der Waals surface area contributed by atoms with Crippen LogP contribution in [0.5, 0.6) is 5.88 Å². The van der Waals surface area contributed by atoms with Gasteiger partial charge in [0.25, 0.3) is 5.56 Å². The molecule has 13 heteroatoms. The highest BCUT2D eigenvalue weighted by Crippen LogP contribution is 2.39. The molecule has 4 heterocycles. The summed E-state index contributed by atoms with van der Waals surface area (Å²) < 4.78 is 67.7. The van der Waals surface area contributed by atoms with E-state index in [1.54, 1.807) is 24.4 Å². The Hall–Kier alpha value is -4.44. The van der Waals surface area contributed by atoms with E-state index in [0.29, 0.717) is 29.9 Å². The predicted molar refractivity (Wildman–Crippen MR) is 129 cm³/mol. The van der Waals surface area contributed by atoms with Crippen molar-refractivity contribution in [1.82, 2.24) is 24.5 Å². The number of alkyl halides is 3. The number of methoxy groups -OCH3 is 1. The molecule has 200 valence electrons. The summed E-state index contributed by atoms with van der Waals surface area (Å²) in [6.07, 6.45) is -2.95. The Morgan fingerprint density at radius 2 is 1.95 bits per heavy atom. The van der Waals surface area contributed by atoms with Crippen molar-refractivity contribution in [2.45, 2.75) is 31.0 Å². The van der Waals surface area contributed by atoms with E-state index in [0.717, 1.165) is 18.7 Å². The van der Waals surface area contributed by atoms with Gasteiger partial charge in [-0.15, -0.1) is 0 Å². The van der Waals surface area contributed by atoms with Crippen LogP contribution in [0.4, 0.5) is 17.6 Å². The summed E-state index contributed by atoms with van der Waals surface area (Å²) in [6.45, 7) is 0.311. The molecular formula is C26H20F4N6O3. The van der Waals surface area contributed by atoms with Gasteiger partial charge in [-0.3, -0.25) is 9.36 Å². The van der Waals surface area contributed by atoms with Crippen LogP contribution in [0.1, 0.15) is 47.6 Å². The van der Waals surface area contributed by atoms with Gasteiger partial charge in [0.1, 0.15) is 22.9 Å². The van der Waals surface area contributed by atoms with Gasteiger partial charge >= 0.3 is 6.18 Å². The number of rotatable bonds is 4. The largest absolute Gasteiger partial charge is 0.481 e. The molecule has 1 fully saturated rings. The van der Waals surface area contributed by atoms with Crippen LogP contribution < -0.4 is 10.3 Å². The number of hydrogen-bond donors (Lipinski definition) is 0. The van der Waals surface area contributed by atoms with Crippen molar-refractivity contribution in [3.8, 4) is 23.2 Å². The number of halogens is 4. The maximum absolute atomic E-state index is 15.1. The zero-order chi connectivity index (χ0) is 27.9. The Bertz CT molecular complexity index is 1680. The minimum absolute atomic E-state index is 0.00902. The Labute approximate surface area is 218 Å². The van der Waals surface area contributed by atoms with Gasteiger partial charge in [-0.25, -0.2) is 24.3 Å². The number of fused-ring (bicyclic) bond motifs is 1. The fourth-order valence-corrected chi connectivity index (χ4v) is 4.56. The lowest BCUT2D eigenvalue weighted by molar-refractivity contribution is -0.147. The van der Waals surface area contributed by atoms with Crippen LogP contribution in [0.2, 0.25) is 0 Å². The predicted octanol–water partition coefficient (Wildman–Crippen LogP) is 4.46. The van der Waals surface area contributed by atoms with Crippen molar-refractivity contribution in [3.63, 3.8) is 0 Å². The molecular weight excluding hydrogens is 520 g/mol. The maximum Gasteiger partial charge on any atom is 0.449 e. The number of benzene rings is 1. The lowest BCUT2D eigenvalue weighted by Gasteiger charge is -2.29. The highest BCUT2D eigenvalue weighted by Gasteiger charge is 2.38. The molecule has 0 radical (unpaired) electrons. The number of aromatic nitrogens is 5. The van der Waals surface area contributed by atoms with E-state index >= 15 is 4.39 Å². The molecule has 4 aromatic rings. The van der Waals surface area contributed by atoms with Crippen molar-refractivity contribution < 1.29 is 27.0 Å². The third kappa shape index (κ3) is 4.90. The Morgan fingerprint density at radius 3 is 2.64 bits per heavy atom. The topological polar surface area (TPSA) is 116 Å². The molecule has 0 unspecified atom stereocenters. The van der Waals surface area contributed by atoms with Crippen LogP contribution >= 0.6 is 0 Å². The van der Waals surface area contributed by atoms with Crippen LogP contribution in [0.25, 0.3) is 22.3 Å². The first-order chi connectivity index (χ1) is 18.6. The second kappa shape index (κ2) is 10.0. The summed E-state index contributed by atoms with van der Waals surface area (Å²) >= 11 is 0. The van der Waals surface area contributed by atoms with Gasteiger partial charge in [-0.2, -0.15) is 18.4 Å². The molecule has 1 aromatic carbocycles. The normalized spacial score (nSPS) is 17.7. The third-order valence-corrected chi connectivity index (χ3v) is 6.54. The van der Waals surface area contributed by atoms with Crippen molar-refractivity contribution in [2.75, 3.05) is 13.7 Å². The maximum atomic E-state index is 15.1. The van der Waals surface area contributed by atoms with Crippen molar-refractivity contribution in [1.29, 1.82) is 5.26 Å². The first-order valence-electron chi connectivity index (χ1n) is 11.8. The van der Waals surface area contributed by atoms with Gasteiger partial charge in [-0.1, -0.05) is 0 Å². The Balaban J connectivity index is 1.69. The summed E-state index contributed by atoms with van der Waals surface area (Å²) in [5.74, 6) is -2.20. The highest BCUT2D eigenvalue weighted by molar-refractivity contribution is 5.88. The molecule has 0 bridgehead atoms. The zero-order valence-corrected chi connectivity index (χ0v) is 20.7. The number of ether oxygens (including phenoxy) is 2. The van der Waals surface area contributed by atoms with E-state index in [1.807, 2.05) is 0 Å². The fraction of sp³-hybridized carbons (Fsp3) is 0.308. The second-order valence-electron chi connectivity index (χ2n) is 8.94. The molecule has 0 saturated carbocycles.